The van der Waals surface area contributed by atoms with Crippen molar-refractivity contribution >= 4 is 17.5 Å². The van der Waals surface area contributed by atoms with Crippen molar-refractivity contribution in [3.8, 4) is 0 Å². The summed E-state index contributed by atoms with van der Waals surface area (Å²) < 4.78 is 11.0. The molecule has 1 aromatic carbocycles. The lowest BCUT2D eigenvalue weighted by molar-refractivity contribution is -0.139. The van der Waals surface area contributed by atoms with E-state index in [0.717, 1.165) is 31.2 Å². The molecule has 0 aromatic heterocycles. The van der Waals surface area contributed by atoms with Gasteiger partial charge in [0.2, 0.25) is 5.78 Å². The van der Waals surface area contributed by atoms with E-state index >= 15 is 0 Å². The highest BCUT2D eigenvalue weighted by Gasteiger charge is 2.51. The number of hydrogen-bond donors (Lipinski definition) is 0. The van der Waals surface area contributed by atoms with E-state index < -0.39 is 11.6 Å². The Kier molecular flexibility index (Phi) is 4.01. The van der Waals surface area contributed by atoms with Gasteiger partial charge in [-0.15, -0.1) is 0 Å². The second-order valence-corrected chi connectivity index (χ2v) is 5.90. The van der Waals surface area contributed by atoms with Gasteiger partial charge in [0, 0.05) is 5.56 Å². The lowest BCUT2D eigenvalue weighted by atomic mass is 9.87. The fraction of sp³-hybridized carbons (Fsp3) is 0.444. The first-order valence-electron chi connectivity index (χ1n) is 7.80. The fourth-order valence-corrected chi connectivity index (χ4v) is 3.33. The number of rotatable bonds is 2. The van der Waals surface area contributed by atoms with Crippen molar-refractivity contribution in [2.45, 2.75) is 44.1 Å². The maximum atomic E-state index is 12.9. The molecule has 1 spiro atoms. The Morgan fingerprint density at radius 1 is 1.09 bits per heavy atom. The van der Waals surface area contributed by atoms with Crippen LogP contribution in [0, 0.1) is 0 Å². The largest absolute Gasteiger partial charge is 0.477 e. The summed E-state index contributed by atoms with van der Waals surface area (Å²) in [5.41, 5.74) is -0.0569. The zero-order valence-electron chi connectivity index (χ0n) is 12.8. The Morgan fingerprint density at radius 2 is 1.73 bits per heavy atom. The lowest BCUT2D eigenvalue weighted by Crippen LogP contribution is -2.38. The zero-order chi connectivity index (χ0) is 15.6. The standard InChI is InChI=1S/C18H20O4/c1-21-17(20)14-15(13-9-5-4-6-10-13)22-18(16(14)19)11-7-2-3-8-12-18/h4-6,9-10H,2-3,7-8,11-12H2,1H3. The van der Waals surface area contributed by atoms with Crippen LogP contribution in [0.4, 0.5) is 0 Å². The topological polar surface area (TPSA) is 52.6 Å². The van der Waals surface area contributed by atoms with Crippen molar-refractivity contribution in [2.75, 3.05) is 7.11 Å². The van der Waals surface area contributed by atoms with Crippen molar-refractivity contribution < 1.29 is 19.1 Å². The van der Waals surface area contributed by atoms with E-state index in [4.69, 9.17) is 9.47 Å². The third-order valence-electron chi connectivity index (χ3n) is 4.50. The molecular formula is C18H20O4. The van der Waals surface area contributed by atoms with Crippen LogP contribution in [0.25, 0.3) is 5.76 Å². The van der Waals surface area contributed by atoms with Crippen molar-refractivity contribution in [2.24, 2.45) is 0 Å². The summed E-state index contributed by atoms with van der Waals surface area (Å²) in [4.78, 5) is 25.1. The summed E-state index contributed by atoms with van der Waals surface area (Å²) >= 11 is 0. The molecular weight excluding hydrogens is 280 g/mol. The van der Waals surface area contributed by atoms with Gasteiger partial charge < -0.3 is 9.47 Å². The minimum atomic E-state index is -0.870. The molecule has 0 N–H and O–H groups in total. The van der Waals surface area contributed by atoms with Gasteiger partial charge in [-0.3, -0.25) is 4.79 Å². The summed E-state index contributed by atoms with van der Waals surface area (Å²) in [6.45, 7) is 0. The predicted octanol–water partition coefficient (Wildman–Crippen LogP) is 3.26. The quantitative estimate of drug-likeness (QED) is 0.621. The smallest absolute Gasteiger partial charge is 0.345 e. The molecule has 2 aliphatic rings. The van der Waals surface area contributed by atoms with Crippen LogP contribution in [0.3, 0.4) is 0 Å². The number of hydrogen-bond acceptors (Lipinski definition) is 4. The van der Waals surface area contributed by atoms with Gasteiger partial charge in [-0.1, -0.05) is 43.2 Å². The second-order valence-electron chi connectivity index (χ2n) is 5.90. The molecule has 0 bridgehead atoms. The molecule has 116 valence electrons. The van der Waals surface area contributed by atoms with Gasteiger partial charge in [-0.2, -0.15) is 0 Å². The summed E-state index contributed by atoms with van der Waals surface area (Å²) in [7, 11) is 1.29. The van der Waals surface area contributed by atoms with Crippen LogP contribution in [0.1, 0.15) is 44.1 Å². The first-order chi connectivity index (χ1) is 10.7. The predicted molar refractivity (Wildman–Crippen MR) is 81.9 cm³/mol. The highest BCUT2D eigenvalue weighted by molar-refractivity contribution is 6.27. The molecule has 1 aromatic rings. The molecule has 22 heavy (non-hydrogen) atoms. The molecule has 0 saturated heterocycles. The minimum absolute atomic E-state index is 0.0654. The van der Waals surface area contributed by atoms with Crippen molar-refractivity contribution in [1.29, 1.82) is 0 Å². The number of ketones is 1. The second kappa shape index (κ2) is 5.95. The van der Waals surface area contributed by atoms with Crippen LogP contribution >= 0.6 is 0 Å². The monoisotopic (exact) mass is 300 g/mol. The summed E-state index contributed by atoms with van der Waals surface area (Å²) in [6.07, 6.45) is 5.44. The Balaban J connectivity index is 2.05. The number of methoxy groups -OCH3 is 1. The Bertz CT molecular complexity index is 607. The van der Waals surface area contributed by atoms with Crippen LogP contribution in [0.5, 0.6) is 0 Å². The number of benzene rings is 1. The minimum Gasteiger partial charge on any atom is -0.477 e. The molecule has 1 aliphatic heterocycles. The molecule has 4 nitrogen and oxygen atoms in total. The summed E-state index contributed by atoms with van der Waals surface area (Å²) in [5, 5.41) is 0. The number of ether oxygens (including phenoxy) is 2. The maximum Gasteiger partial charge on any atom is 0.345 e. The Morgan fingerprint density at radius 3 is 2.32 bits per heavy atom. The molecule has 1 saturated carbocycles. The molecule has 1 fully saturated rings. The van der Waals surface area contributed by atoms with E-state index in [1.165, 1.54) is 7.11 Å². The lowest BCUT2D eigenvalue weighted by Gasteiger charge is -2.26. The van der Waals surface area contributed by atoms with Gasteiger partial charge >= 0.3 is 5.97 Å². The van der Waals surface area contributed by atoms with E-state index in [0.29, 0.717) is 18.6 Å². The van der Waals surface area contributed by atoms with Gasteiger partial charge in [0.05, 0.1) is 7.11 Å². The molecule has 4 heteroatoms. The van der Waals surface area contributed by atoms with Crippen LogP contribution in [0.15, 0.2) is 35.9 Å². The van der Waals surface area contributed by atoms with Crippen molar-refractivity contribution in [3.05, 3.63) is 41.5 Å². The number of Topliss-reactive ketones (excluding diaryl/α,β-unsaturated/α-hetero) is 1. The highest BCUT2D eigenvalue weighted by atomic mass is 16.5. The van der Waals surface area contributed by atoms with E-state index in [-0.39, 0.29) is 11.4 Å². The summed E-state index contributed by atoms with van der Waals surface area (Å²) in [5.74, 6) is -0.440. The van der Waals surface area contributed by atoms with E-state index in [1.807, 2.05) is 30.3 Å². The average molecular weight is 300 g/mol. The maximum absolute atomic E-state index is 12.9. The number of carbonyl (C=O) groups excluding carboxylic acids is 2. The van der Waals surface area contributed by atoms with Gasteiger partial charge in [-0.05, 0) is 25.7 Å². The van der Waals surface area contributed by atoms with Crippen LogP contribution in [0.2, 0.25) is 0 Å². The van der Waals surface area contributed by atoms with Gasteiger partial charge in [-0.25, -0.2) is 4.79 Å². The van der Waals surface area contributed by atoms with E-state index in [2.05, 4.69) is 0 Å². The molecule has 3 rings (SSSR count). The molecule has 1 aliphatic carbocycles. The average Bonchev–Trinajstić information content (AvgIpc) is 2.70. The SMILES string of the molecule is COC(=O)C1=C(c2ccccc2)OC2(CCCCCC2)C1=O. The Labute approximate surface area is 130 Å². The van der Waals surface area contributed by atoms with Gasteiger partial charge in [0.1, 0.15) is 11.3 Å². The molecule has 0 atom stereocenters. The highest BCUT2D eigenvalue weighted by Crippen LogP contribution is 2.44. The number of carbonyl (C=O) groups is 2. The number of esters is 1. The van der Waals surface area contributed by atoms with Crippen LogP contribution in [-0.4, -0.2) is 24.5 Å². The summed E-state index contributed by atoms with van der Waals surface area (Å²) in [6, 6.07) is 9.31. The zero-order valence-corrected chi connectivity index (χ0v) is 12.8. The normalized spacial score (nSPS) is 20.7. The molecule has 0 unspecified atom stereocenters. The van der Waals surface area contributed by atoms with E-state index in [1.54, 1.807) is 0 Å². The fourth-order valence-electron chi connectivity index (χ4n) is 3.33. The van der Waals surface area contributed by atoms with Gasteiger partial charge in [0.25, 0.3) is 0 Å². The van der Waals surface area contributed by atoms with Crippen molar-refractivity contribution in [3.63, 3.8) is 0 Å². The van der Waals surface area contributed by atoms with Gasteiger partial charge in [0.15, 0.2) is 5.60 Å². The third kappa shape index (κ3) is 2.43. The van der Waals surface area contributed by atoms with Crippen LogP contribution < -0.4 is 0 Å². The Hall–Kier alpha value is -2.10. The first kappa shape index (κ1) is 14.8. The molecule has 0 radical (unpaired) electrons. The van der Waals surface area contributed by atoms with Crippen molar-refractivity contribution in [1.82, 2.24) is 0 Å². The molecule has 1 heterocycles. The first-order valence-corrected chi connectivity index (χ1v) is 7.80. The molecule has 0 amide bonds. The van der Waals surface area contributed by atoms with Crippen LogP contribution in [-0.2, 0) is 19.1 Å². The third-order valence-corrected chi connectivity index (χ3v) is 4.50. The van der Waals surface area contributed by atoms with E-state index in [9.17, 15) is 9.59 Å².